The summed E-state index contributed by atoms with van der Waals surface area (Å²) in [6.07, 6.45) is 30.4. The summed E-state index contributed by atoms with van der Waals surface area (Å²) in [5, 5.41) is 0. The lowest BCUT2D eigenvalue weighted by Crippen LogP contribution is -2.49. The van der Waals surface area contributed by atoms with Gasteiger partial charge in [0.1, 0.15) is 6.10 Å². The summed E-state index contributed by atoms with van der Waals surface area (Å²) in [4.78, 5) is 28.7. The maximum atomic E-state index is 13.8. The summed E-state index contributed by atoms with van der Waals surface area (Å²) in [6, 6.07) is 0. The van der Waals surface area contributed by atoms with E-state index in [9.17, 15) is 9.59 Å². The number of esters is 2. The van der Waals surface area contributed by atoms with Crippen LogP contribution in [0, 0.1) is 22.7 Å². The first-order valence-corrected chi connectivity index (χ1v) is 22.5. The maximum Gasteiger partial charge on any atom is 0.312 e. The summed E-state index contributed by atoms with van der Waals surface area (Å²) in [5.41, 5.74) is -0.620. The second kappa shape index (κ2) is 31.3. The van der Waals surface area contributed by atoms with E-state index < -0.39 is 5.41 Å². The first-order chi connectivity index (χ1) is 24.5. The highest BCUT2D eigenvalue weighted by atomic mass is 16.5. The van der Waals surface area contributed by atoms with Crippen LogP contribution in [0.15, 0.2) is 0 Å². The van der Waals surface area contributed by atoms with Gasteiger partial charge in [-0.05, 0) is 109 Å². The van der Waals surface area contributed by atoms with E-state index in [4.69, 9.17) is 9.47 Å². The molecule has 1 rings (SSSR count). The van der Waals surface area contributed by atoms with Gasteiger partial charge in [0.05, 0.1) is 12.0 Å². The van der Waals surface area contributed by atoms with Crippen LogP contribution in [0.25, 0.3) is 0 Å². The third-order valence-electron chi connectivity index (χ3n) is 12.3. The van der Waals surface area contributed by atoms with Gasteiger partial charge in [0, 0.05) is 6.42 Å². The average molecular weight is 722 g/mol. The Morgan fingerprint density at radius 1 is 0.627 bits per heavy atom. The van der Waals surface area contributed by atoms with Gasteiger partial charge in [-0.2, -0.15) is 0 Å². The average Bonchev–Trinajstić information content (AvgIpc) is 3.12. The molecule has 51 heavy (non-hydrogen) atoms. The lowest BCUT2D eigenvalue weighted by Gasteiger charge is -2.48. The molecule has 5 heteroatoms. The first kappa shape index (κ1) is 49.9. The Hall–Kier alpha value is -1.10. The Morgan fingerprint density at radius 2 is 1.06 bits per heavy atom. The predicted octanol–water partition coefficient (Wildman–Crippen LogP) is 13.9. The minimum absolute atomic E-state index is 0.00411. The molecule has 0 aromatic carbocycles. The number of hydrogen-bond donors (Lipinski definition) is 0. The molecule has 1 saturated heterocycles. The zero-order chi connectivity index (χ0) is 38.4. The summed E-state index contributed by atoms with van der Waals surface area (Å²) in [5.74, 6) is 1.07. The quantitative estimate of drug-likeness (QED) is 0.0527. The maximum absolute atomic E-state index is 13.8. The molecule has 2 atom stereocenters. The van der Waals surface area contributed by atoms with E-state index in [2.05, 4.69) is 60.4 Å². The summed E-state index contributed by atoms with van der Waals surface area (Å²) in [6.45, 7) is 22.5. The van der Waals surface area contributed by atoms with Crippen LogP contribution >= 0.6 is 0 Å². The number of carbonyl (C=O) groups excluding carboxylic acids is 2. The van der Waals surface area contributed by atoms with E-state index >= 15 is 0 Å². The molecule has 5 nitrogen and oxygen atoms in total. The number of nitrogens with zero attached hydrogens (tertiary/aromatic N) is 1. The highest BCUT2D eigenvalue weighted by Crippen LogP contribution is 2.49. The Kier molecular flexibility index (Phi) is 30.6. The Balaban J connectivity index is 0.0000123. The molecule has 1 fully saturated rings. The molecule has 0 amide bonds. The second-order valence-corrected chi connectivity index (χ2v) is 17.1. The number of ether oxygens (including phenoxy) is 2. The summed E-state index contributed by atoms with van der Waals surface area (Å²) >= 11 is 0. The fourth-order valence-corrected chi connectivity index (χ4v) is 7.69. The molecule has 1 heterocycles. The minimum atomic E-state index is -0.516. The van der Waals surface area contributed by atoms with Crippen LogP contribution in [-0.2, 0) is 19.1 Å². The largest absolute Gasteiger partial charge is 0.465 e. The third kappa shape index (κ3) is 22.7. The van der Waals surface area contributed by atoms with Crippen molar-refractivity contribution in [2.24, 2.45) is 22.7 Å². The molecule has 1 aliphatic heterocycles. The fraction of sp³-hybridized carbons (Fsp3) is 0.957. The van der Waals surface area contributed by atoms with E-state index in [1.165, 1.54) is 96.3 Å². The molecule has 1 aliphatic rings. The van der Waals surface area contributed by atoms with E-state index in [0.717, 1.165) is 77.3 Å². The standard InChI is InChI=1S/C44H85NO4.C2H6/c1-9-12-15-17-18-21-25-30-40(49-42(47)44(6,7)43(4,5)39-33-35-45(8)36-34-39)31-26-22-19-20-23-27-32-41(46)48-37-38(28-14-11-3)29-24-16-13-10-2;1-2/h38-40H,9-37H2,1-8H3;1-2H3. The number of likely N-dealkylation sites (tertiary alicyclic amines) is 1. The van der Waals surface area contributed by atoms with Crippen molar-refractivity contribution < 1.29 is 19.1 Å². The number of unbranched alkanes of at least 4 members (excludes halogenated alkanes) is 15. The molecule has 304 valence electrons. The van der Waals surface area contributed by atoms with Gasteiger partial charge in [-0.3, -0.25) is 9.59 Å². The number of rotatable bonds is 31. The van der Waals surface area contributed by atoms with Crippen LogP contribution in [0.1, 0.15) is 229 Å². The van der Waals surface area contributed by atoms with E-state index in [1.807, 2.05) is 13.8 Å². The topological polar surface area (TPSA) is 55.8 Å². The normalized spacial score (nSPS) is 15.6. The van der Waals surface area contributed by atoms with Crippen molar-refractivity contribution in [3.05, 3.63) is 0 Å². The molecule has 0 spiro atoms. The van der Waals surface area contributed by atoms with Gasteiger partial charge < -0.3 is 14.4 Å². The number of carbonyl (C=O) groups is 2. The lowest BCUT2D eigenvalue weighted by molar-refractivity contribution is -0.171. The van der Waals surface area contributed by atoms with Crippen molar-refractivity contribution in [1.29, 1.82) is 0 Å². The van der Waals surface area contributed by atoms with Crippen LogP contribution < -0.4 is 0 Å². The highest BCUT2D eigenvalue weighted by Gasteiger charge is 2.49. The molecular formula is C46H91NO4. The SMILES string of the molecule is CC.CCCCCCCCCC(CCCCCCCCC(=O)OCC(CCCC)CCCCCC)OC(=O)C(C)(C)C(C)(C)C1CCN(C)CC1. The zero-order valence-electron chi connectivity index (χ0n) is 36.3. The van der Waals surface area contributed by atoms with Gasteiger partial charge in [0.15, 0.2) is 0 Å². The van der Waals surface area contributed by atoms with Crippen molar-refractivity contribution in [2.75, 3.05) is 26.7 Å². The van der Waals surface area contributed by atoms with Crippen LogP contribution in [0.2, 0.25) is 0 Å². The fourth-order valence-electron chi connectivity index (χ4n) is 7.69. The molecule has 0 N–H and O–H groups in total. The van der Waals surface area contributed by atoms with Crippen molar-refractivity contribution in [3.8, 4) is 0 Å². The first-order valence-electron chi connectivity index (χ1n) is 22.5. The molecule has 0 aliphatic carbocycles. The van der Waals surface area contributed by atoms with Crippen molar-refractivity contribution >= 4 is 11.9 Å². The Labute approximate surface area is 319 Å². The predicted molar refractivity (Wildman–Crippen MR) is 221 cm³/mol. The van der Waals surface area contributed by atoms with Gasteiger partial charge >= 0.3 is 11.9 Å². The van der Waals surface area contributed by atoms with Crippen LogP contribution in [0.3, 0.4) is 0 Å². The van der Waals surface area contributed by atoms with E-state index in [1.54, 1.807) is 0 Å². The van der Waals surface area contributed by atoms with Gasteiger partial charge in [-0.25, -0.2) is 0 Å². The van der Waals surface area contributed by atoms with Gasteiger partial charge in [-0.15, -0.1) is 0 Å². The molecular weight excluding hydrogens is 631 g/mol. The van der Waals surface area contributed by atoms with Crippen LogP contribution in [0.4, 0.5) is 0 Å². The Morgan fingerprint density at radius 3 is 1.59 bits per heavy atom. The highest BCUT2D eigenvalue weighted by molar-refractivity contribution is 5.77. The van der Waals surface area contributed by atoms with Crippen LogP contribution in [0.5, 0.6) is 0 Å². The molecule has 0 bridgehead atoms. The van der Waals surface area contributed by atoms with Crippen molar-refractivity contribution in [2.45, 2.75) is 235 Å². The summed E-state index contributed by atoms with van der Waals surface area (Å²) < 4.78 is 12.2. The molecule has 0 aromatic heterocycles. The molecule has 0 radical (unpaired) electrons. The zero-order valence-corrected chi connectivity index (χ0v) is 36.3. The molecule has 0 saturated carbocycles. The lowest BCUT2D eigenvalue weighted by atomic mass is 9.59. The monoisotopic (exact) mass is 722 g/mol. The summed E-state index contributed by atoms with van der Waals surface area (Å²) in [7, 11) is 2.20. The smallest absolute Gasteiger partial charge is 0.312 e. The van der Waals surface area contributed by atoms with Gasteiger partial charge in [-0.1, -0.05) is 151 Å². The Bertz CT molecular complexity index is 816. The van der Waals surface area contributed by atoms with E-state index in [0.29, 0.717) is 24.9 Å². The minimum Gasteiger partial charge on any atom is -0.465 e. The van der Waals surface area contributed by atoms with Crippen molar-refractivity contribution in [1.82, 2.24) is 4.90 Å². The van der Waals surface area contributed by atoms with Gasteiger partial charge in [0.2, 0.25) is 0 Å². The van der Waals surface area contributed by atoms with Crippen molar-refractivity contribution in [3.63, 3.8) is 0 Å². The second-order valence-electron chi connectivity index (χ2n) is 17.1. The molecule has 2 unspecified atom stereocenters. The van der Waals surface area contributed by atoms with E-state index in [-0.39, 0.29) is 23.5 Å². The van der Waals surface area contributed by atoms with Gasteiger partial charge in [0.25, 0.3) is 0 Å². The number of piperidine rings is 1. The van der Waals surface area contributed by atoms with Crippen LogP contribution in [-0.4, -0.2) is 49.7 Å². The molecule has 0 aromatic rings. The third-order valence-corrected chi connectivity index (χ3v) is 12.3. The number of hydrogen-bond acceptors (Lipinski definition) is 5.